The average Bonchev–Trinajstić information content (AvgIpc) is 1.98. The molecule has 2 heteroatoms. The molecule has 0 atom stereocenters. The molecule has 0 unspecified atom stereocenters. The van der Waals surface area contributed by atoms with E-state index in [1.54, 1.807) is 0 Å². The Kier molecular flexibility index (Phi) is 4.30. The van der Waals surface area contributed by atoms with E-state index in [1.807, 2.05) is 0 Å². The lowest BCUT2D eigenvalue weighted by Crippen LogP contribution is -2.13. The molecule has 0 aliphatic rings. The highest BCUT2D eigenvalue weighted by atomic mass is 15.1. The van der Waals surface area contributed by atoms with Crippen molar-refractivity contribution in [1.29, 1.82) is 0 Å². The number of aryl methyl sites for hydroxylation is 1. The molecule has 0 radical (unpaired) electrons. The quantitative estimate of drug-likeness (QED) is 0.744. The van der Waals surface area contributed by atoms with Gasteiger partial charge in [-0.3, -0.25) is 0 Å². The lowest BCUT2D eigenvalue weighted by atomic mass is 10.1. The van der Waals surface area contributed by atoms with Gasteiger partial charge < -0.3 is 9.80 Å². The van der Waals surface area contributed by atoms with Crippen LogP contribution in [-0.4, -0.2) is 38.0 Å². The predicted molar refractivity (Wildman–Crippen MR) is 66.0 cm³/mol. The Labute approximate surface area is 93.5 Å². The van der Waals surface area contributed by atoms with Gasteiger partial charge in [-0.05, 0) is 46.2 Å². The third-order valence-electron chi connectivity index (χ3n) is 2.19. The largest absolute Gasteiger partial charge is 0.305 e. The van der Waals surface area contributed by atoms with Crippen LogP contribution in [0.2, 0.25) is 0 Å². The molecule has 0 aliphatic carbocycles. The first kappa shape index (κ1) is 12.2. The van der Waals surface area contributed by atoms with Crippen LogP contribution in [0.5, 0.6) is 0 Å². The van der Waals surface area contributed by atoms with Crippen LogP contribution in [0.4, 0.5) is 0 Å². The highest BCUT2D eigenvalue weighted by Crippen LogP contribution is 2.12. The molecule has 0 saturated carbocycles. The van der Waals surface area contributed by atoms with Crippen molar-refractivity contribution in [3.05, 3.63) is 34.9 Å². The highest BCUT2D eigenvalue weighted by Gasteiger charge is 2.01. The molecule has 0 heterocycles. The number of hydrogen-bond donors (Lipinski definition) is 0. The SMILES string of the molecule is Cc1cc(CN(C)C)cc(CN(C)C)c1. The van der Waals surface area contributed by atoms with E-state index in [-0.39, 0.29) is 0 Å². The Hall–Kier alpha value is -0.860. The van der Waals surface area contributed by atoms with E-state index in [1.165, 1.54) is 16.7 Å². The van der Waals surface area contributed by atoms with Crippen molar-refractivity contribution in [3.8, 4) is 0 Å². The molecule has 0 fully saturated rings. The Balaban J connectivity index is 2.84. The van der Waals surface area contributed by atoms with Gasteiger partial charge in [0.15, 0.2) is 0 Å². The molecule has 0 bridgehead atoms. The molecule has 0 amide bonds. The summed E-state index contributed by atoms with van der Waals surface area (Å²) in [5.41, 5.74) is 4.15. The summed E-state index contributed by atoms with van der Waals surface area (Å²) in [7, 11) is 8.42. The number of rotatable bonds is 4. The lowest BCUT2D eigenvalue weighted by molar-refractivity contribution is 0.395. The summed E-state index contributed by atoms with van der Waals surface area (Å²) < 4.78 is 0. The van der Waals surface area contributed by atoms with Crippen LogP contribution in [-0.2, 0) is 13.1 Å². The molecule has 2 nitrogen and oxygen atoms in total. The Bertz CT molecular complexity index is 288. The Morgan fingerprint density at radius 3 is 1.53 bits per heavy atom. The topological polar surface area (TPSA) is 6.48 Å². The van der Waals surface area contributed by atoms with Crippen molar-refractivity contribution in [3.63, 3.8) is 0 Å². The molecule has 1 aromatic rings. The van der Waals surface area contributed by atoms with Crippen molar-refractivity contribution in [2.45, 2.75) is 20.0 Å². The lowest BCUT2D eigenvalue weighted by Gasteiger charge is -2.14. The maximum atomic E-state index is 2.30. The second kappa shape index (κ2) is 5.29. The maximum Gasteiger partial charge on any atom is 0.0227 e. The minimum atomic E-state index is 1.02. The average molecular weight is 206 g/mol. The van der Waals surface area contributed by atoms with Gasteiger partial charge >= 0.3 is 0 Å². The van der Waals surface area contributed by atoms with Crippen molar-refractivity contribution in [1.82, 2.24) is 9.80 Å². The summed E-state index contributed by atoms with van der Waals surface area (Å²) in [5, 5.41) is 0. The van der Waals surface area contributed by atoms with Gasteiger partial charge in [-0.1, -0.05) is 23.8 Å². The summed E-state index contributed by atoms with van der Waals surface area (Å²) in [6.45, 7) is 4.20. The van der Waals surface area contributed by atoms with Crippen LogP contribution >= 0.6 is 0 Å². The summed E-state index contributed by atoms with van der Waals surface area (Å²) in [6.07, 6.45) is 0. The van der Waals surface area contributed by atoms with E-state index in [4.69, 9.17) is 0 Å². The zero-order valence-electron chi connectivity index (χ0n) is 10.5. The molecule has 0 spiro atoms. The molecule has 1 aromatic carbocycles. The fraction of sp³-hybridized carbons (Fsp3) is 0.538. The minimum Gasteiger partial charge on any atom is -0.305 e. The molecule has 0 aliphatic heterocycles. The summed E-state index contributed by atoms with van der Waals surface area (Å²) in [5.74, 6) is 0. The normalized spacial score (nSPS) is 11.4. The molecule has 15 heavy (non-hydrogen) atoms. The maximum absolute atomic E-state index is 2.30. The zero-order valence-corrected chi connectivity index (χ0v) is 10.5. The minimum absolute atomic E-state index is 1.02. The van der Waals surface area contributed by atoms with Crippen molar-refractivity contribution in [2.75, 3.05) is 28.2 Å². The third-order valence-corrected chi connectivity index (χ3v) is 2.19. The van der Waals surface area contributed by atoms with E-state index in [0.29, 0.717) is 0 Å². The van der Waals surface area contributed by atoms with E-state index in [2.05, 4.69) is 63.1 Å². The third kappa shape index (κ3) is 4.45. The van der Waals surface area contributed by atoms with Crippen molar-refractivity contribution >= 4 is 0 Å². The van der Waals surface area contributed by atoms with Gasteiger partial charge in [0.2, 0.25) is 0 Å². The smallest absolute Gasteiger partial charge is 0.0227 e. The molecular weight excluding hydrogens is 184 g/mol. The second-order valence-electron chi connectivity index (χ2n) is 4.80. The van der Waals surface area contributed by atoms with Gasteiger partial charge in [0, 0.05) is 13.1 Å². The van der Waals surface area contributed by atoms with Crippen LogP contribution in [0.1, 0.15) is 16.7 Å². The molecule has 1 rings (SSSR count). The first-order valence-electron chi connectivity index (χ1n) is 5.36. The van der Waals surface area contributed by atoms with E-state index >= 15 is 0 Å². The van der Waals surface area contributed by atoms with Crippen molar-refractivity contribution < 1.29 is 0 Å². The predicted octanol–water partition coefficient (Wildman–Crippen LogP) is 2.12. The van der Waals surface area contributed by atoms with E-state index in [9.17, 15) is 0 Å². The monoisotopic (exact) mass is 206 g/mol. The zero-order chi connectivity index (χ0) is 11.4. The number of hydrogen-bond acceptors (Lipinski definition) is 2. The van der Waals surface area contributed by atoms with Crippen LogP contribution in [0.3, 0.4) is 0 Å². The molecule has 84 valence electrons. The van der Waals surface area contributed by atoms with Crippen LogP contribution in [0, 0.1) is 6.92 Å². The standard InChI is InChI=1S/C13H22N2/c1-11-6-12(9-14(2)3)8-13(7-11)10-15(4)5/h6-8H,9-10H2,1-5H3. The fourth-order valence-corrected chi connectivity index (χ4v) is 1.86. The molecule has 0 N–H and O–H groups in total. The Morgan fingerprint density at radius 2 is 1.20 bits per heavy atom. The number of nitrogens with zero attached hydrogens (tertiary/aromatic N) is 2. The molecule has 0 saturated heterocycles. The molecular formula is C13H22N2. The van der Waals surface area contributed by atoms with Gasteiger partial charge in [-0.2, -0.15) is 0 Å². The summed E-state index contributed by atoms with van der Waals surface area (Å²) in [6, 6.07) is 6.82. The highest BCUT2D eigenvalue weighted by molar-refractivity contribution is 5.29. The first-order valence-corrected chi connectivity index (χ1v) is 5.36. The molecule has 0 aromatic heterocycles. The Morgan fingerprint density at radius 1 is 0.800 bits per heavy atom. The van der Waals surface area contributed by atoms with E-state index in [0.717, 1.165) is 13.1 Å². The van der Waals surface area contributed by atoms with Gasteiger partial charge in [0.1, 0.15) is 0 Å². The van der Waals surface area contributed by atoms with Crippen LogP contribution in [0.25, 0.3) is 0 Å². The van der Waals surface area contributed by atoms with Gasteiger partial charge in [0.05, 0.1) is 0 Å². The van der Waals surface area contributed by atoms with Crippen LogP contribution < -0.4 is 0 Å². The van der Waals surface area contributed by atoms with Gasteiger partial charge in [-0.25, -0.2) is 0 Å². The van der Waals surface area contributed by atoms with Crippen molar-refractivity contribution in [2.24, 2.45) is 0 Å². The van der Waals surface area contributed by atoms with Gasteiger partial charge in [-0.15, -0.1) is 0 Å². The van der Waals surface area contributed by atoms with E-state index < -0.39 is 0 Å². The summed E-state index contributed by atoms with van der Waals surface area (Å²) >= 11 is 0. The van der Waals surface area contributed by atoms with Crippen LogP contribution in [0.15, 0.2) is 18.2 Å². The number of benzene rings is 1. The van der Waals surface area contributed by atoms with Gasteiger partial charge in [0.25, 0.3) is 0 Å². The summed E-state index contributed by atoms with van der Waals surface area (Å²) in [4.78, 5) is 4.41. The first-order chi connectivity index (χ1) is 6.97. The fourth-order valence-electron chi connectivity index (χ4n) is 1.86. The second-order valence-corrected chi connectivity index (χ2v) is 4.80.